The molecule has 0 atom stereocenters. The van der Waals surface area contributed by atoms with Gasteiger partial charge in [-0.15, -0.1) is 0 Å². The van der Waals surface area contributed by atoms with E-state index >= 15 is 0 Å². The first-order chi connectivity index (χ1) is 11.8. The Morgan fingerprint density at radius 2 is 1.71 bits per heavy atom. The molecule has 0 radical (unpaired) electrons. The lowest BCUT2D eigenvalue weighted by atomic mass is 10.1. The summed E-state index contributed by atoms with van der Waals surface area (Å²) < 4.78 is 0. The lowest BCUT2D eigenvalue weighted by Gasteiger charge is -2.08. The van der Waals surface area contributed by atoms with Gasteiger partial charge in [0.25, 0.3) is 0 Å². The predicted octanol–water partition coefficient (Wildman–Crippen LogP) is 4.57. The maximum atomic E-state index is 4.50. The zero-order chi connectivity index (χ0) is 16.6. The van der Waals surface area contributed by atoms with Crippen LogP contribution in [0.4, 0.5) is 17.5 Å². The van der Waals surface area contributed by atoms with Crippen molar-refractivity contribution in [2.75, 3.05) is 17.2 Å². The van der Waals surface area contributed by atoms with Crippen LogP contribution in [0.25, 0.3) is 0 Å². The van der Waals surface area contributed by atoms with E-state index in [0.717, 1.165) is 30.9 Å². The third kappa shape index (κ3) is 4.81. The summed E-state index contributed by atoms with van der Waals surface area (Å²) >= 11 is 0. The van der Waals surface area contributed by atoms with Crippen LogP contribution in [0.15, 0.2) is 66.9 Å². The number of hydrogen-bond acceptors (Lipinski definition) is 4. The summed E-state index contributed by atoms with van der Waals surface area (Å²) in [6.45, 7) is 2.95. The fourth-order valence-corrected chi connectivity index (χ4v) is 2.44. The number of anilines is 3. The molecule has 1 heterocycles. The number of aryl methyl sites for hydroxylation is 2. The molecule has 122 valence electrons. The smallest absolute Gasteiger partial charge is 0.229 e. The van der Waals surface area contributed by atoms with Gasteiger partial charge < -0.3 is 10.6 Å². The molecule has 2 N–H and O–H groups in total. The van der Waals surface area contributed by atoms with Crippen LogP contribution >= 0.6 is 0 Å². The molecule has 0 spiro atoms. The molecule has 1 aromatic heterocycles. The molecule has 0 aliphatic rings. The minimum absolute atomic E-state index is 0.604. The number of aromatic nitrogens is 2. The van der Waals surface area contributed by atoms with E-state index in [1.807, 2.05) is 24.3 Å². The van der Waals surface area contributed by atoms with Crippen LogP contribution in [0, 0.1) is 6.92 Å². The molecule has 3 aromatic rings. The van der Waals surface area contributed by atoms with Crippen LogP contribution in [-0.2, 0) is 6.42 Å². The maximum Gasteiger partial charge on any atom is 0.229 e. The summed E-state index contributed by atoms with van der Waals surface area (Å²) in [5.41, 5.74) is 3.58. The molecular formula is C20H22N4. The van der Waals surface area contributed by atoms with Crippen molar-refractivity contribution in [2.24, 2.45) is 0 Å². The van der Waals surface area contributed by atoms with E-state index in [-0.39, 0.29) is 0 Å². The fourth-order valence-electron chi connectivity index (χ4n) is 2.44. The molecule has 0 saturated heterocycles. The van der Waals surface area contributed by atoms with Gasteiger partial charge in [-0.05, 0) is 43.5 Å². The van der Waals surface area contributed by atoms with Gasteiger partial charge in [-0.25, -0.2) is 4.98 Å². The Morgan fingerprint density at radius 3 is 2.50 bits per heavy atom. The zero-order valence-electron chi connectivity index (χ0n) is 13.9. The molecule has 24 heavy (non-hydrogen) atoms. The van der Waals surface area contributed by atoms with Crippen molar-refractivity contribution < 1.29 is 0 Å². The van der Waals surface area contributed by atoms with Gasteiger partial charge in [0.05, 0.1) is 0 Å². The monoisotopic (exact) mass is 318 g/mol. The van der Waals surface area contributed by atoms with Crippen molar-refractivity contribution in [3.8, 4) is 0 Å². The Bertz CT molecular complexity index is 754. The third-order valence-electron chi connectivity index (χ3n) is 3.75. The first-order valence-corrected chi connectivity index (χ1v) is 8.24. The summed E-state index contributed by atoms with van der Waals surface area (Å²) in [6.07, 6.45) is 3.89. The first kappa shape index (κ1) is 16.0. The SMILES string of the molecule is Cc1ccc(Nc2nccc(NCCCc3ccccc3)n2)cc1. The molecule has 0 amide bonds. The van der Waals surface area contributed by atoms with Crippen LogP contribution in [0.2, 0.25) is 0 Å². The van der Waals surface area contributed by atoms with E-state index in [2.05, 4.69) is 63.9 Å². The molecule has 0 aliphatic carbocycles. The average molecular weight is 318 g/mol. The second-order valence-corrected chi connectivity index (χ2v) is 5.77. The molecule has 3 rings (SSSR count). The van der Waals surface area contributed by atoms with E-state index < -0.39 is 0 Å². The van der Waals surface area contributed by atoms with Crippen molar-refractivity contribution in [1.82, 2.24) is 9.97 Å². The van der Waals surface area contributed by atoms with Crippen LogP contribution in [0.5, 0.6) is 0 Å². The number of benzene rings is 2. The normalized spacial score (nSPS) is 10.4. The topological polar surface area (TPSA) is 49.8 Å². The van der Waals surface area contributed by atoms with E-state index in [0.29, 0.717) is 5.95 Å². The molecular weight excluding hydrogens is 296 g/mol. The van der Waals surface area contributed by atoms with Gasteiger partial charge in [0.2, 0.25) is 5.95 Å². The Labute approximate surface area is 143 Å². The minimum atomic E-state index is 0.604. The lowest BCUT2D eigenvalue weighted by molar-refractivity contribution is 0.858. The van der Waals surface area contributed by atoms with E-state index in [1.54, 1.807) is 6.20 Å². The zero-order valence-corrected chi connectivity index (χ0v) is 13.9. The standard InChI is InChI=1S/C20H22N4/c1-16-9-11-18(12-10-16)23-20-22-15-13-19(24-20)21-14-5-8-17-6-3-2-4-7-17/h2-4,6-7,9-13,15H,5,8,14H2,1H3,(H2,21,22,23,24). The van der Waals surface area contributed by atoms with Gasteiger partial charge >= 0.3 is 0 Å². The minimum Gasteiger partial charge on any atom is -0.370 e. The molecule has 4 heteroatoms. The molecule has 2 aromatic carbocycles. The molecule has 0 unspecified atom stereocenters. The Morgan fingerprint density at radius 1 is 0.917 bits per heavy atom. The first-order valence-electron chi connectivity index (χ1n) is 8.24. The molecule has 0 aliphatic heterocycles. The highest BCUT2D eigenvalue weighted by Crippen LogP contribution is 2.15. The summed E-state index contributed by atoms with van der Waals surface area (Å²) in [7, 11) is 0. The fraction of sp³-hybridized carbons (Fsp3) is 0.200. The Hall–Kier alpha value is -2.88. The Balaban J connectivity index is 1.50. The van der Waals surface area contributed by atoms with Crippen molar-refractivity contribution in [3.63, 3.8) is 0 Å². The van der Waals surface area contributed by atoms with Crippen molar-refractivity contribution in [2.45, 2.75) is 19.8 Å². The Kier molecular flexibility index (Phi) is 5.40. The van der Waals surface area contributed by atoms with E-state index in [9.17, 15) is 0 Å². The molecule has 4 nitrogen and oxygen atoms in total. The van der Waals surface area contributed by atoms with Gasteiger partial charge in [-0.1, -0.05) is 48.0 Å². The summed E-state index contributed by atoms with van der Waals surface area (Å²) in [5.74, 6) is 1.44. The quantitative estimate of drug-likeness (QED) is 0.626. The van der Waals surface area contributed by atoms with Crippen LogP contribution in [-0.4, -0.2) is 16.5 Å². The highest BCUT2D eigenvalue weighted by molar-refractivity contribution is 5.55. The van der Waals surface area contributed by atoms with Crippen molar-refractivity contribution in [1.29, 1.82) is 0 Å². The second kappa shape index (κ2) is 8.11. The van der Waals surface area contributed by atoms with Gasteiger partial charge in [0, 0.05) is 18.4 Å². The summed E-state index contributed by atoms with van der Waals surface area (Å²) in [6, 6.07) is 20.6. The van der Waals surface area contributed by atoms with Crippen molar-refractivity contribution >= 4 is 17.5 Å². The third-order valence-corrected chi connectivity index (χ3v) is 3.75. The molecule has 0 saturated carbocycles. The van der Waals surface area contributed by atoms with Crippen LogP contribution in [0.3, 0.4) is 0 Å². The number of hydrogen-bond donors (Lipinski definition) is 2. The number of rotatable bonds is 7. The number of nitrogens with zero attached hydrogens (tertiary/aromatic N) is 2. The summed E-state index contributed by atoms with van der Waals surface area (Å²) in [5, 5.41) is 6.58. The van der Waals surface area contributed by atoms with E-state index in [1.165, 1.54) is 11.1 Å². The van der Waals surface area contributed by atoms with Gasteiger partial charge in [-0.3, -0.25) is 0 Å². The molecule has 0 bridgehead atoms. The maximum absolute atomic E-state index is 4.50. The van der Waals surface area contributed by atoms with E-state index in [4.69, 9.17) is 0 Å². The second-order valence-electron chi connectivity index (χ2n) is 5.77. The van der Waals surface area contributed by atoms with Gasteiger partial charge in [0.15, 0.2) is 0 Å². The van der Waals surface area contributed by atoms with Crippen LogP contribution < -0.4 is 10.6 Å². The lowest BCUT2D eigenvalue weighted by Crippen LogP contribution is -2.06. The number of nitrogens with one attached hydrogen (secondary N) is 2. The van der Waals surface area contributed by atoms with Gasteiger partial charge in [-0.2, -0.15) is 4.98 Å². The molecule has 0 fully saturated rings. The highest BCUT2D eigenvalue weighted by Gasteiger charge is 2.00. The highest BCUT2D eigenvalue weighted by atomic mass is 15.1. The largest absolute Gasteiger partial charge is 0.370 e. The predicted molar refractivity (Wildman–Crippen MR) is 99.7 cm³/mol. The van der Waals surface area contributed by atoms with Gasteiger partial charge in [0.1, 0.15) is 5.82 Å². The average Bonchev–Trinajstić information content (AvgIpc) is 2.62. The summed E-state index contributed by atoms with van der Waals surface area (Å²) in [4.78, 5) is 8.77. The van der Waals surface area contributed by atoms with Crippen LogP contribution in [0.1, 0.15) is 17.5 Å². The van der Waals surface area contributed by atoms with Crippen molar-refractivity contribution in [3.05, 3.63) is 78.0 Å².